The number of carbonyl (C=O) groups is 2. The average Bonchev–Trinajstić information content (AvgIpc) is 3.32. The van der Waals surface area contributed by atoms with E-state index < -0.39 is 12.2 Å². The van der Waals surface area contributed by atoms with Crippen LogP contribution in [0.2, 0.25) is 0 Å². The van der Waals surface area contributed by atoms with E-state index in [1.54, 1.807) is 29.2 Å². The van der Waals surface area contributed by atoms with Gasteiger partial charge in [0.05, 0.1) is 30.8 Å². The van der Waals surface area contributed by atoms with Crippen molar-refractivity contribution in [1.29, 1.82) is 0 Å². The molecule has 1 aromatic carbocycles. The topological polar surface area (TPSA) is 122 Å². The van der Waals surface area contributed by atoms with Crippen molar-refractivity contribution >= 4 is 34.7 Å². The minimum Gasteiger partial charge on any atom is -0.378 e. The Labute approximate surface area is 211 Å². The minimum absolute atomic E-state index is 0.0552. The molecule has 2 fully saturated rings. The van der Waals surface area contributed by atoms with Gasteiger partial charge in [0.2, 0.25) is 29.7 Å². The molecule has 2 aromatic heterocycles. The Balaban J connectivity index is 1.48. The van der Waals surface area contributed by atoms with Gasteiger partial charge in [-0.2, -0.15) is 15.0 Å². The summed E-state index contributed by atoms with van der Waals surface area (Å²) < 4.78 is 34.8. The second kappa shape index (κ2) is 10.6. The van der Waals surface area contributed by atoms with Crippen molar-refractivity contribution in [3.8, 4) is 5.95 Å². The number of rotatable bonds is 6. The first-order valence-corrected chi connectivity index (χ1v) is 12.0. The van der Waals surface area contributed by atoms with Crippen LogP contribution in [-0.2, 0) is 14.3 Å². The van der Waals surface area contributed by atoms with Gasteiger partial charge < -0.3 is 24.8 Å². The summed E-state index contributed by atoms with van der Waals surface area (Å²) >= 11 is 0. The molecular formula is C23H27F2N9O3. The van der Waals surface area contributed by atoms with Crippen LogP contribution in [0.15, 0.2) is 24.3 Å². The van der Waals surface area contributed by atoms with E-state index in [9.17, 15) is 18.4 Å². The smallest absolute Gasteiger partial charge is 0.296 e. The number of hydrogen-bond donors (Lipinski definition) is 1. The Morgan fingerprint density at radius 1 is 0.919 bits per heavy atom. The van der Waals surface area contributed by atoms with E-state index in [-0.39, 0.29) is 24.3 Å². The molecule has 37 heavy (non-hydrogen) atoms. The third-order valence-electron chi connectivity index (χ3n) is 6.28. The number of piperazine rings is 1. The van der Waals surface area contributed by atoms with E-state index >= 15 is 0 Å². The molecule has 0 saturated carbocycles. The number of para-hydroxylation sites is 2. The van der Waals surface area contributed by atoms with E-state index in [1.165, 1.54) is 11.5 Å². The fourth-order valence-electron chi connectivity index (χ4n) is 4.36. The highest BCUT2D eigenvalue weighted by Crippen LogP contribution is 2.28. The van der Waals surface area contributed by atoms with Gasteiger partial charge in [0.1, 0.15) is 0 Å². The monoisotopic (exact) mass is 515 g/mol. The molecule has 2 aliphatic heterocycles. The molecule has 2 saturated heterocycles. The highest BCUT2D eigenvalue weighted by atomic mass is 19.3. The number of halogens is 2. The van der Waals surface area contributed by atoms with E-state index in [0.717, 1.165) is 0 Å². The first-order chi connectivity index (χ1) is 17.9. The summed E-state index contributed by atoms with van der Waals surface area (Å²) in [6.45, 7) is 5.10. The number of morpholine rings is 1. The summed E-state index contributed by atoms with van der Waals surface area (Å²) in [5, 5.41) is 2.52. The van der Waals surface area contributed by atoms with Crippen LogP contribution in [0.25, 0.3) is 17.0 Å². The van der Waals surface area contributed by atoms with E-state index in [4.69, 9.17) is 4.74 Å². The molecule has 14 heteroatoms. The Morgan fingerprint density at radius 2 is 1.54 bits per heavy atom. The first kappa shape index (κ1) is 24.7. The van der Waals surface area contributed by atoms with Crippen molar-refractivity contribution in [2.75, 3.05) is 68.8 Å². The summed E-state index contributed by atoms with van der Waals surface area (Å²) in [6, 6.07) is 6.85. The average molecular weight is 516 g/mol. The summed E-state index contributed by atoms with van der Waals surface area (Å²) in [4.78, 5) is 47.0. The van der Waals surface area contributed by atoms with Gasteiger partial charge in [-0.3, -0.25) is 14.2 Å². The van der Waals surface area contributed by atoms with E-state index in [1.807, 2.05) is 9.80 Å². The van der Waals surface area contributed by atoms with Gasteiger partial charge in [-0.15, -0.1) is 0 Å². The quantitative estimate of drug-likeness (QED) is 0.507. The molecule has 5 rings (SSSR count). The lowest BCUT2D eigenvalue weighted by molar-refractivity contribution is -0.132. The van der Waals surface area contributed by atoms with Gasteiger partial charge in [0.15, 0.2) is 5.82 Å². The summed E-state index contributed by atoms with van der Waals surface area (Å²) in [6.07, 6.45) is -2.84. The molecular weight excluding hydrogens is 488 g/mol. The molecule has 0 unspecified atom stereocenters. The Kier molecular flexibility index (Phi) is 7.08. The number of carbonyl (C=O) groups excluding carboxylic acids is 2. The van der Waals surface area contributed by atoms with Crippen LogP contribution >= 0.6 is 0 Å². The number of nitrogens with zero attached hydrogens (tertiary/aromatic N) is 8. The van der Waals surface area contributed by atoms with Crippen LogP contribution in [0, 0.1) is 0 Å². The number of anilines is 2. The van der Waals surface area contributed by atoms with Crippen molar-refractivity contribution in [2.45, 2.75) is 13.3 Å². The fourth-order valence-corrected chi connectivity index (χ4v) is 4.36. The van der Waals surface area contributed by atoms with E-state index in [0.29, 0.717) is 75.4 Å². The highest BCUT2D eigenvalue weighted by Gasteiger charge is 2.27. The van der Waals surface area contributed by atoms with Crippen molar-refractivity contribution in [2.24, 2.45) is 0 Å². The molecule has 0 atom stereocenters. The predicted molar refractivity (Wildman–Crippen MR) is 130 cm³/mol. The van der Waals surface area contributed by atoms with Crippen molar-refractivity contribution in [3.05, 3.63) is 30.1 Å². The number of hydrogen-bond acceptors (Lipinski definition) is 9. The van der Waals surface area contributed by atoms with Crippen molar-refractivity contribution in [3.63, 3.8) is 0 Å². The predicted octanol–water partition coefficient (Wildman–Crippen LogP) is 0.769. The van der Waals surface area contributed by atoms with Gasteiger partial charge in [-0.1, -0.05) is 12.1 Å². The molecule has 0 radical (unpaired) electrons. The Morgan fingerprint density at radius 3 is 2.19 bits per heavy atom. The molecule has 196 valence electrons. The first-order valence-electron chi connectivity index (χ1n) is 12.0. The zero-order valence-corrected chi connectivity index (χ0v) is 20.3. The van der Waals surface area contributed by atoms with Crippen LogP contribution in [0.5, 0.6) is 0 Å². The van der Waals surface area contributed by atoms with Gasteiger partial charge in [0.25, 0.3) is 6.43 Å². The standard InChI is InChI=1S/C23H27F2N9O3/c1-15(35)26-14-18(36)31-6-8-32(9-7-31)21-28-22(33-10-12-37-13-11-33)30-23(29-21)34-17-5-3-2-4-16(17)27-20(34)19(24)25/h2-5,19H,6-14H2,1H3,(H,26,35). The van der Waals surface area contributed by atoms with Crippen LogP contribution in [0.4, 0.5) is 20.7 Å². The van der Waals surface area contributed by atoms with Crippen LogP contribution < -0.4 is 15.1 Å². The minimum atomic E-state index is -2.84. The number of benzene rings is 1. The molecule has 1 N–H and O–H groups in total. The third-order valence-corrected chi connectivity index (χ3v) is 6.28. The highest BCUT2D eigenvalue weighted by molar-refractivity contribution is 5.84. The lowest BCUT2D eigenvalue weighted by atomic mass is 10.3. The zero-order valence-electron chi connectivity index (χ0n) is 20.3. The summed E-state index contributed by atoms with van der Waals surface area (Å²) in [5.74, 6) is -0.134. The molecule has 3 aromatic rings. The largest absolute Gasteiger partial charge is 0.378 e. The van der Waals surface area contributed by atoms with Gasteiger partial charge >= 0.3 is 0 Å². The second-order valence-electron chi connectivity index (χ2n) is 8.71. The number of fused-ring (bicyclic) bond motifs is 1. The maximum Gasteiger partial charge on any atom is 0.296 e. The van der Waals surface area contributed by atoms with Crippen molar-refractivity contribution < 1.29 is 23.1 Å². The number of nitrogens with one attached hydrogen (secondary N) is 1. The SMILES string of the molecule is CC(=O)NCC(=O)N1CCN(c2nc(N3CCOCC3)nc(-n3c(C(F)F)nc4ccccc43)n2)CC1. The van der Waals surface area contributed by atoms with Crippen LogP contribution in [-0.4, -0.2) is 100 Å². The fraction of sp³-hybridized carbons (Fsp3) is 0.478. The lowest BCUT2D eigenvalue weighted by Crippen LogP contribution is -2.51. The number of amides is 2. The van der Waals surface area contributed by atoms with Crippen molar-refractivity contribution in [1.82, 2.24) is 34.7 Å². The van der Waals surface area contributed by atoms with Gasteiger partial charge in [-0.25, -0.2) is 13.8 Å². The zero-order chi connectivity index (χ0) is 25.9. The number of ether oxygens (including phenoxy) is 1. The number of aromatic nitrogens is 5. The molecule has 2 amide bonds. The molecule has 0 bridgehead atoms. The summed E-state index contributed by atoms with van der Waals surface area (Å²) in [5.41, 5.74) is 0.884. The lowest BCUT2D eigenvalue weighted by Gasteiger charge is -2.35. The molecule has 0 aliphatic carbocycles. The second-order valence-corrected chi connectivity index (χ2v) is 8.71. The Bertz CT molecular complexity index is 1290. The maximum absolute atomic E-state index is 14.0. The molecule has 12 nitrogen and oxygen atoms in total. The van der Waals surface area contributed by atoms with Crippen LogP contribution in [0.3, 0.4) is 0 Å². The van der Waals surface area contributed by atoms with Gasteiger partial charge in [0, 0.05) is 46.2 Å². The summed E-state index contributed by atoms with van der Waals surface area (Å²) in [7, 11) is 0. The van der Waals surface area contributed by atoms with Gasteiger partial charge in [-0.05, 0) is 12.1 Å². The number of alkyl halides is 2. The third kappa shape index (κ3) is 5.28. The van der Waals surface area contributed by atoms with E-state index in [2.05, 4.69) is 25.3 Å². The molecule has 2 aliphatic rings. The molecule has 0 spiro atoms. The number of imidazole rings is 1. The molecule has 4 heterocycles. The Hall–Kier alpha value is -3.94. The normalized spacial score (nSPS) is 16.5. The maximum atomic E-state index is 14.0. The van der Waals surface area contributed by atoms with Crippen LogP contribution in [0.1, 0.15) is 19.2 Å².